The van der Waals surface area contributed by atoms with E-state index in [1.54, 1.807) is 6.07 Å². The summed E-state index contributed by atoms with van der Waals surface area (Å²) in [7, 11) is 0. The minimum absolute atomic E-state index is 0.117. The zero-order valence-corrected chi connectivity index (χ0v) is 25.6. The number of hydrogen-bond acceptors (Lipinski definition) is 1. The van der Waals surface area contributed by atoms with Crippen LogP contribution in [0.3, 0.4) is 0 Å². The van der Waals surface area contributed by atoms with Gasteiger partial charge in [0.15, 0.2) is 6.67 Å². The predicted octanol–water partition coefficient (Wildman–Crippen LogP) is 12.2. The van der Waals surface area contributed by atoms with E-state index in [4.69, 9.17) is 0 Å². The average Bonchev–Trinajstić information content (AvgIpc) is 3.04. The average molecular weight is 673 g/mol. The summed E-state index contributed by atoms with van der Waals surface area (Å²) in [5.74, 6) is -9.76. The monoisotopic (exact) mass is 672 g/mol. The van der Waals surface area contributed by atoms with E-state index in [1.807, 2.05) is 24.3 Å². The van der Waals surface area contributed by atoms with Crippen molar-refractivity contribution in [3.8, 4) is 39.1 Å². The van der Waals surface area contributed by atoms with Gasteiger partial charge in [-0.3, -0.25) is 0 Å². The Morgan fingerprint density at radius 2 is 1.06 bits per heavy atom. The highest BCUT2D eigenvalue weighted by molar-refractivity contribution is 5.74. The molecule has 1 nitrogen and oxygen atoms in total. The standard InChI is InChI=1S/C38H29F9O/c1-2-3-4-5-23-6-8-24(9-7-23)25-10-14-29(33(40)18-25)26-11-15-30(34(41)19-26)27-12-16-32(35(42)20-27)38(46,47)48-28-13-17-31(36(43)21-28)37(44,45)22-39/h6-21H,2-5,22H2,1H3. The highest BCUT2D eigenvalue weighted by Crippen LogP contribution is 2.38. The van der Waals surface area contributed by atoms with Gasteiger partial charge in [-0.05, 0) is 77.1 Å². The summed E-state index contributed by atoms with van der Waals surface area (Å²) in [6, 6.07) is 19.6. The maximum atomic E-state index is 15.2. The van der Waals surface area contributed by atoms with Crippen molar-refractivity contribution in [2.45, 2.75) is 44.6 Å². The van der Waals surface area contributed by atoms with Gasteiger partial charge < -0.3 is 4.74 Å². The number of unbranched alkanes of at least 4 members (excludes halogenated alkanes) is 2. The number of ether oxygens (including phenoxy) is 1. The van der Waals surface area contributed by atoms with Crippen LogP contribution in [0.2, 0.25) is 0 Å². The molecular formula is C38H29F9O. The van der Waals surface area contributed by atoms with E-state index in [1.165, 1.54) is 29.8 Å². The summed E-state index contributed by atoms with van der Waals surface area (Å²) in [5.41, 5.74) is 0.0594. The van der Waals surface area contributed by atoms with Crippen LogP contribution in [-0.2, 0) is 18.5 Å². The fraction of sp³-hybridized carbons (Fsp3) is 0.211. The third-order valence-electron chi connectivity index (χ3n) is 7.95. The van der Waals surface area contributed by atoms with Crippen molar-refractivity contribution in [1.29, 1.82) is 0 Å². The van der Waals surface area contributed by atoms with Gasteiger partial charge in [-0.25, -0.2) is 22.0 Å². The summed E-state index contributed by atoms with van der Waals surface area (Å²) < 4.78 is 133. The molecule has 5 aromatic rings. The molecule has 0 aliphatic carbocycles. The zero-order chi connectivity index (χ0) is 34.6. The third kappa shape index (κ3) is 7.53. The van der Waals surface area contributed by atoms with Gasteiger partial charge in [0, 0.05) is 17.2 Å². The van der Waals surface area contributed by atoms with Crippen LogP contribution in [0.15, 0.2) is 97.1 Å². The molecule has 0 heterocycles. The Labute approximate surface area is 271 Å². The normalized spacial score (nSPS) is 12.0. The first-order valence-electron chi connectivity index (χ1n) is 15.1. The van der Waals surface area contributed by atoms with Crippen molar-refractivity contribution in [2.24, 2.45) is 0 Å². The quantitative estimate of drug-likeness (QED) is 0.0947. The van der Waals surface area contributed by atoms with Crippen LogP contribution in [0.5, 0.6) is 5.75 Å². The molecule has 0 bridgehead atoms. The molecule has 0 amide bonds. The Bertz CT molecular complexity index is 1900. The van der Waals surface area contributed by atoms with E-state index in [9.17, 15) is 30.7 Å². The minimum atomic E-state index is -4.40. The molecule has 0 atom stereocenters. The van der Waals surface area contributed by atoms with Crippen LogP contribution < -0.4 is 4.74 Å². The van der Waals surface area contributed by atoms with E-state index in [2.05, 4.69) is 11.7 Å². The lowest BCUT2D eigenvalue weighted by Gasteiger charge is -2.20. The molecule has 0 radical (unpaired) electrons. The molecule has 0 unspecified atom stereocenters. The second-order valence-corrected chi connectivity index (χ2v) is 11.3. The third-order valence-corrected chi connectivity index (χ3v) is 7.95. The summed E-state index contributed by atoms with van der Waals surface area (Å²) in [6.45, 7) is -0.0688. The largest absolute Gasteiger partial charge is 0.429 e. The van der Waals surface area contributed by atoms with E-state index in [-0.39, 0.29) is 28.3 Å². The summed E-state index contributed by atoms with van der Waals surface area (Å²) in [6.07, 6.45) is -0.0602. The van der Waals surface area contributed by atoms with Gasteiger partial charge in [-0.2, -0.15) is 17.6 Å². The highest BCUT2D eigenvalue weighted by Gasteiger charge is 2.39. The summed E-state index contributed by atoms with van der Waals surface area (Å²) in [4.78, 5) is 0. The molecule has 0 aromatic heterocycles. The maximum Gasteiger partial charge on any atom is 0.429 e. The fourth-order valence-electron chi connectivity index (χ4n) is 5.34. The lowest BCUT2D eigenvalue weighted by molar-refractivity contribution is -0.187. The lowest BCUT2D eigenvalue weighted by atomic mass is 9.96. The Morgan fingerprint density at radius 1 is 0.542 bits per heavy atom. The predicted molar refractivity (Wildman–Crippen MR) is 167 cm³/mol. The van der Waals surface area contributed by atoms with Gasteiger partial charge in [0.2, 0.25) is 0 Å². The molecule has 0 spiro atoms. The lowest BCUT2D eigenvalue weighted by Crippen LogP contribution is -2.24. The van der Waals surface area contributed by atoms with E-state index in [0.717, 1.165) is 43.4 Å². The molecule has 48 heavy (non-hydrogen) atoms. The van der Waals surface area contributed by atoms with Crippen molar-refractivity contribution in [1.82, 2.24) is 0 Å². The Balaban J connectivity index is 1.32. The molecule has 0 saturated carbocycles. The number of benzene rings is 5. The van der Waals surface area contributed by atoms with Crippen molar-refractivity contribution in [3.63, 3.8) is 0 Å². The van der Waals surface area contributed by atoms with Crippen LogP contribution in [0.1, 0.15) is 42.9 Å². The first-order valence-corrected chi connectivity index (χ1v) is 15.1. The molecule has 0 aliphatic rings. The Kier molecular flexibility index (Phi) is 10.2. The maximum absolute atomic E-state index is 15.2. The Morgan fingerprint density at radius 3 is 1.62 bits per heavy atom. The summed E-state index contributed by atoms with van der Waals surface area (Å²) >= 11 is 0. The molecule has 10 heteroatoms. The molecule has 0 saturated heterocycles. The molecule has 0 fully saturated rings. The van der Waals surface area contributed by atoms with E-state index >= 15 is 8.78 Å². The van der Waals surface area contributed by atoms with E-state index < -0.39 is 58.9 Å². The topological polar surface area (TPSA) is 9.23 Å². The van der Waals surface area contributed by atoms with Crippen LogP contribution in [0, 0.1) is 23.3 Å². The van der Waals surface area contributed by atoms with Crippen LogP contribution in [0.25, 0.3) is 33.4 Å². The van der Waals surface area contributed by atoms with Gasteiger partial charge in [0.05, 0.1) is 11.1 Å². The molecule has 0 aliphatic heterocycles. The Hall–Kier alpha value is -4.73. The van der Waals surface area contributed by atoms with Gasteiger partial charge in [-0.1, -0.05) is 74.4 Å². The first-order chi connectivity index (χ1) is 22.8. The first kappa shape index (κ1) is 34.6. The SMILES string of the molecule is CCCCCc1ccc(-c2ccc(-c3ccc(-c4ccc(C(F)(F)Oc5ccc(C(F)(F)CF)c(F)c5)c(F)c4)c(F)c3)c(F)c2)cc1. The summed E-state index contributed by atoms with van der Waals surface area (Å²) in [5, 5.41) is 0. The molecule has 5 rings (SSSR count). The molecule has 0 N–H and O–H groups in total. The van der Waals surface area contributed by atoms with Crippen molar-refractivity contribution < 1.29 is 44.3 Å². The number of hydrogen-bond donors (Lipinski definition) is 0. The smallest absolute Gasteiger partial charge is 0.429 e. The van der Waals surface area contributed by atoms with Crippen LogP contribution in [-0.4, -0.2) is 6.67 Å². The van der Waals surface area contributed by atoms with Gasteiger partial charge in [0.1, 0.15) is 29.0 Å². The van der Waals surface area contributed by atoms with Gasteiger partial charge >= 0.3 is 12.0 Å². The molecule has 250 valence electrons. The van der Waals surface area contributed by atoms with Crippen molar-refractivity contribution in [3.05, 3.63) is 137 Å². The van der Waals surface area contributed by atoms with Gasteiger partial charge in [-0.15, -0.1) is 0 Å². The number of alkyl halides is 5. The van der Waals surface area contributed by atoms with Gasteiger partial charge in [0.25, 0.3) is 0 Å². The minimum Gasteiger partial charge on any atom is -0.429 e. The van der Waals surface area contributed by atoms with Crippen molar-refractivity contribution in [2.75, 3.05) is 6.67 Å². The second kappa shape index (κ2) is 14.2. The second-order valence-electron chi connectivity index (χ2n) is 11.3. The van der Waals surface area contributed by atoms with Crippen LogP contribution in [0.4, 0.5) is 39.5 Å². The van der Waals surface area contributed by atoms with Crippen molar-refractivity contribution >= 4 is 0 Å². The van der Waals surface area contributed by atoms with Crippen LogP contribution >= 0.6 is 0 Å². The number of halogens is 9. The zero-order valence-electron chi connectivity index (χ0n) is 25.6. The van der Waals surface area contributed by atoms with E-state index in [0.29, 0.717) is 29.8 Å². The number of aryl methyl sites for hydroxylation is 1. The molecule has 5 aromatic carbocycles. The number of rotatable bonds is 12. The fourth-order valence-corrected chi connectivity index (χ4v) is 5.34. The highest BCUT2D eigenvalue weighted by atomic mass is 19.3. The molecular weight excluding hydrogens is 643 g/mol.